The lowest BCUT2D eigenvalue weighted by Crippen LogP contribution is -2.39. The monoisotopic (exact) mass is 361 g/mol. The molecule has 0 saturated heterocycles. The Hall–Kier alpha value is -2.63. The summed E-state index contributed by atoms with van der Waals surface area (Å²) in [7, 11) is 1.51. The van der Waals surface area contributed by atoms with Crippen LogP contribution in [0.25, 0.3) is 0 Å². The Morgan fingerprint density at radius 1 is 1.23 bits per heavy atom. The highest BCUT2D eigenvalue weighted by atomic mass is 19.1. The van der Waals surface area contributed by atoms with Crippen LogP contribution >= 0.6 is 0 Å². The van der Waals surface area contributed by atoms with Crippen LogP contribution in [-0.2, 0) is 6.42 Å². The standard InChI is InChI=1S/C20H21F2NO3/c1-4-26-18-6-5-13(9-19(18)25-3)20(24)23-8-7-15-16(12(23)2)10-14(21)11-17(15)22/h5-6,9-12H,4,7-8H2,1-3H3/t12-/m0/s1. The molecule has 0 saturated carbocycles. The van der Waals surface area contributed by atoms with E-state index in [1.54, 1.807) is 30.0 Å². The highest BCUT2D eigenvalue weighted by molar-refractivity contribution is 5.95. The Bertz CT molecular complexity index is 838. The van der Waals surface area contributed by atoms with Crippen LogP contribution in [0.2, 0.25) is 0 Å². The van der Waals surface area contributed by atoms with Crippen molar-refractivity contribution in [1.82, 2.24) is 4.90 Å². The second-order valence-electron chi connectivity index (χ2n) is 6.18. The van der Waals surface area contributed by atoms with Gasteiger partial charge in [-0.2, -0.15) is 0 Å². The fourth-order valence-electron chi connectivity index (χ4n) is 3.37. The van der Waals surface area contributed by atoms with Crippen molar-refractivity contribution in [3.63, 3.8) is 0 Å². The van der Waals surface area contributed by atoms with Gasteiger partial charge in [0, 0.05) is 18.2 Å². The van der Waals surface area contributed by atoms with Gasteiger partial charge in [0.15, 0.2) is 11.5 Å². The van der Waals surface area contributed by atoms with Crippen molar-refractivity contribution in [2.75, 3.05) is 20.3 Å². The quantitative estimate of drug-likeness (QED) is 0.822. The fraction of sp³-hybridized carbons (Fsp3) is 0.350. The summed E-state index contributed by atoms with van der Waals surface area (Å²) in [5.41, 5.74) is 1.43. The van der Waals surface area contributed by atoms with E-state index in [4.69, 9.17) is 9.47 Å². The topological polar surface area (TPSA) is 38.8 Å². The number of fused-ring (bicyclic) bond motifs is 1. The Morgan fingerprint density at radius 2 is 2.00 bits per heavy atom. The summed E-state index contributed by atoms with van der Waals surface area (Å²) in [4.78, 5) is 14.6. The van der Waals surface area contributed by atoms with Crippen LogP contribution < -0.4 is 9.47 Å². The predicted molar refractivity (Wildman–Crippen MR) is 93.7 cm³/mol. The van der Waals surface area contributed by atoms with Gasteiger partial charge < -0.3 is 14.4 Å². The number of rotatable bonds is 4. The Labute approximate surface area is 151 Å². The zero-order chi connectivity index (χ0) is 18.8. The first-order valence-electron chi connectivity index (χ1n) is 8.55. The van der Waals surface area contributed by atoms with E-state index in [-0.39, 0.29) is 5.91 Å². The molecule has 2 aromatic carbocycles. The number of carbonyl (C=O) groups excluding carboxylic acids is 1. The summed E-state index contributed by atoms with van der Waals surface area (Å²) >= 11 is 0. The maximum Gasteiger partial charge on any atom is 0.254 e. The minimum Gasteiger partial charge on any atom is -0.493 e. The number of hydrogen-bond donors (Lipinski definition) is 0. The molecule has 2 aromatic rings. The van der Waals surface area contributed by atoms with E-state index in [1.807, 2.05) is 6.92 Å². The molecule has 1 heterocycles. The molecule has 0 N–H and O–H groups in total. The highest BCUT2D eigenvalue weighted by Crippen LogP contribution is 2.34. The molecule has 1 aliphatic rings. The number of ether oxygens (including phenoxy) is 2. The Balaban J connectivity index is 1.91. The van der Waals surface area contributed by atoms with Crippen molar-refractivity contribution < 1.29 is 23.0 Å². The summed E-state index contributed by atoms with van der Waals surface area (Å²) in [6.07, 6.45) is 0.353. The van der Waals surface area contributed by atoms with Gasteiger partial charge in [-0.15, -0.1) is 0 Å². The zero-order valence-corrected chi connectivity index (χ0v) is 15.0. The van der Waals surface area contributed by atoms with E-state index in [2.05, 4.69) is 0 Å². The molecule has 0 aliphatic carbocycles. The minimum absolute atomic E-state index is 0.214. The summed E-state index contributed by atoms with van der Waals surface area (Å²) in [6.45, 7) is 4.50. The molecule has 4 nitrogen and oxygen atoms in total. The van der Waals surface area contributed by atoms with E-state index < -0.39 is 17.7 Å². The molecular formula is C20H21F2NO3. The third-order valence-electron chi connectivity index (χ3n) is 4.69. The van der Waals surface area contributed by atoms with E-state index >= 15 is 0 Å². The van der Waals surface area contributed by atoms with Gasteiger partial charge in [0.2, 0.25) is 0 Å². The molecule has 0 unspecified atom stereocenters. The van der Waals surface area contributed by atoms with Gasteiger partial charge in [0.25, 0.3) is 5.91 Å². The minimum atomic E-state index is -0.634. The molecule has 3 rings (SSSR count). The number of hydrogen-bond acceptors (Lipinski definition) is 3. The number of benzene rings is 2. The van der Waals surface area contributed by atoms with Crippen LogP contribution in [0.1, 0.15) is 41.4 Å². The molecular weight excluding hydrogens is 340 g/mol. The summed E-state index contributed by atoms with van der Waals surface area (Å²) < 4.78 is 38.4. The van der Waals surface area contributed by atoms with Crippen molar-refractivity contribution in [3.05, 3.63) is 58.7 Å². The second kappa shape index (κ2) is 7.32. The molecule has 6 heteroatoms. The van der Waals surface area contributed by atoms with Gasteiger partial charge in [-0.25, -0.2) is 8.78 Å². The van der Waals surface area contributed by atoms with E-state index in [9.17, 15) is 13.6 Å². The molecule has 26 heavy (non-hydrogen) atoms. The van der Waals surface area contributed by atoms with Gasteiger partial charge in [0.1, 0.15) is 11.6 Å². The van der Waals surface area contributed by atoms with Gasteiger partial charge in [0.05, 0.1) is 19.8 Å². The number of halogens is 2. The van der Waals surface area contributed by atoms with Gasteiger partial charge >= 0.3 is 0 Å². The van der Waals surface area contributed by atoms with Crippen molar-refractivity contribution in [2.45, 2.75) is 26.3 Å². The average molecular weight is 361 g/mol. The molecule has 0 spiro atoms. The maximum atomic E-state index is 14.0. The lowest BCUT2D eigenvalue weighted by Gasteiger charge is -2.35. The first-order valence-corrected chi connectivity index (χ1v) is 8.55. The lowest BCUT2D eigenvalue weighted by molar-refractivity contribution is 0.0675. The average Bonchev–Trinajstić information content (AvgIpc) is 2.62. The van der Waals surface area contributed by atoms with Crippen LogP contribution in [0.15, 0.2) is 30.3 Å². The molecule has 138 valence electrons. The van der Waals surface area contributed by atoms with Crippen LogP contribution in [-0.4, -0.2) is 31.1 Å². The second-order valence-corrected chi connectivity index (χ2v) is 6.18. The molecule has 1 amide bonds. The molecule has 0 bridgehead atoms. The number of nitrogens with zero attached hydrogens (tertiary/aromatic N) is 1. The van der Waals surface area contributed by atoms with Crippen molar-refractivity contribution in [3.8, 4) is 11.5 Å². The van der Waals surface area contributed by atoms with Gasteiger partial charge in [-0.3, -0.25) is 4.79 Å². The SMILES string of the molecule is CCOc1ccc(C(=O)N2CCc3c(F)cc(F)cc3[C@@H]2C)cc1OC. The Kier molecular flexibility index (Phi) is 5.11. The molecule has 0 aromatic heterocycles. The lowest BCUT2D eigenvalue weighted by atomic mass is 9.92. The zero-order valence-electron chi connectivity index (χ0n) is 15.0. The van der Waals surface area contributed by atoms with Gasteiger partial charge in [-0.05, 0) is 55.7 Å². The number of methoxy groups -OCH3 is 1. The summed E-state index contributed by atoms with van der Waals surface area (Å²) in [5.74, 6) is -0.367. The molecule has 1 aliphatic heterocycles. The predicted octanol–water partition coefficient (Wildman–Crippen LogP) is 4.13. The summed E-state index contributed by atoms with van der Waals surface area (Å²) in [6, 6.07) is 6.76. The first-order chi connectivity index (χ1) is 12.5. The van der Waals surface area contributed by atoms with E-state index in [0.717, 1.165) is 6.07 Å². The van der Waals surface area contributed by atoms with Crippen LogP contribution in [0.4, 0.5) is 8.78 Å². The normalized spacial score (nSPS) is 16.2. The fourth-order valence-corrected chi connectivity index (χ4v) is 3.37. The van der Waals surface area contributed by atoms with Crippen molar-refractivity contribution in [1.29, 1.82) is 0 Å². The number of carbonyl (C=O) groups is 1. The largest absolute Gasteiger partial charge is 0.493 e. The molecule has 1 atom stereocenters. The van der Waals surface area contributed by atoms with Crippen LogP contribution in [0.3, 0.4) is 0 Å². The Morgan fingerprint density at radius 3 is 2.69 bits per heavy atom. The summed E-state index contributed by atoms with van der Waals surface area (Å²) in [5, 5.41) is 0. The maximum absolute atomic E-state index is 14.0. The third kappa shape index (κ3) is 3.23. The van der Waals surface area contributed by atoms with Crippen LogP contribution in [0, 0.1) is 11.6 Å². The smallest absolute Gasteiger partial charge is 0.254 e. The highest BCUT2D eigenvalue weighted by Gasteiger charge is 2.30. The third-order valence-corrected chi connectivity index (χ3v) is 4.69. The first kappa shape index (κ1) is 18.2. The molecule has 0 radical (unpaired) electrons. The van der Waals surface area contributed by atoms with Crippen molar-refractivity contribution in [2.24, 2.45) is 0 Å². The van der Waals surface area contributed by atoms with Crippen LogP contribution in [0.5, 0.6) is 11.5 Å². The van der Waals surface area contributed by atoms with E-state index in [0.29, 0.717) is 47.8 Å². The number of amides is 1. The van der Waals surface area contributed by atoms with E-state index in [1.165, 1.54) is 13.2 Å². The van der Waals surface area contributed by atoms with Crippen molar-refractivity contribution >= 4 is 5.91 Å². The molecule has 0 fully saturated rings. The van der Waals surface area contributed by atoms with Gasteiger partial charge in [-0.1, -0.05) is 0 Å².